The van der Waals surface area contributed by atoms with Crippen molar-refractivity contribution in [1.29, 1.82) is 0 Å². The van der Waals surface area contributed by atoms with Crippen LogP contribution in [0.5, 0.6) is 0 Å². The Morgan fingerprint density at radius 1 is 1.67 bits per heavy atom. The predicted octanol–water partition coefficient (Wildman–Crippen LogP) is 1.99. The number of amides is 1. The fraction of sp³-hybridized carbons (Fsp3) is 0.273. The van der Waals surface area contributed by atoms with E-state index in [0.29, 0.717) is 23.1 Å². The SMILES string of the molecule is CC#CCCNC(=O)c1ccnc(Br)c1. The highest BCUT2D eigenvalue weighted by molar-refractivity contribution is 9.10. The average Bonchev–Trinajstić information content (AvgIpc) is 2.24. The Kier molecular flexibility index (Phi) is 4.85. The normalized spacial score (nSPS) is 8.93. The van der Waals surface area contributed by atoms with Crippen LogP contribution in [0, 0.1) is 11.8 Å². The van der Waals surface area contributed by atoms with E-state index in [1.165, 1.54) is 0 Å². The van der Waals surface area contributed by atoms with E-state index in [-0.39, 0.29) is 5.91 Å². The van der Waals surface area contributed by atoms with Crippen molar-refractivity contribution in [2.24, 2.45) is 0 Å². The van der Waals surface area contributed by atoms with E-state index in [1.54, 1.807) is 25.3 Å². The van der Waals surface area contributed by atoms with Crippen molar-refractivity contribution in [1.82, 2.24) is 10.3 Å². The second kappa shape index (κ2) is 6.20. The Hall–Kier alpha value is -1.34. The number of nitrogens with one attached hydrogen (secondary N) is 1. The van der Waals surface area contributed by atoms with Crippen LogP contribution < -0.4 is 5.32 Å². The number of aromatic nitrogens is 1. The molecule has 1 aromatic rings. The Morgan fingerprint density at radius 2 is 2.47 bits per heavy atom. The predicted molar refractivity (Wildman–Crippen MR) is 62.3 cm³/mol. The van der Waals surface area contributed by atoms with Crippen LogP contribution >= 0.6 is 15.9 Å². The van der Waals surface area contributed by atoms with E-state index < -0.39 is 0 Å². The van der Waals surface area contributed by atoms with Crippen molar-refractivity contribution in [2.45, 2.75) is 13.3 Å². The first-order valence-electron chi connectivity index (χ1n) is 4.53. The monoisotopic (exact) mass is 266 g/mol. The van der Waals surface area contributed by atoms with Crippen LogP contribution in [0.15, 0.2) is 22.9 Å². The average molecular weight is 267 g/mol. The Morgan fingerprint density at radius 3 is 3.13 bits per heavy atom. The number of hydrogen-bond acceptors (Lipinski definition) is 2. The smallest absolute Gasteiger partial charge is 0.251 e. The third-order valence-corrected chi connectivity index (χ3v) is 2.13. The van der Waals surface area contributed by atoms with Gasteiger partial charge in [-0.05, 0) is 35.0 Å². The second-order valence-electron chi connectivity index (χ2n) is 2.80. The highest BCUT2D eigenvalue weighted by Gasteiger charge is 2.04. The minimum atomic E-state index is -0.101. The fourth-order valence-corrected chi connectivity index (χ4v) is 1.37. The van der Waals surface area contributed by atoms with Gasteiger partial charge < -0.3 is 5.32 Å². The van der Waals surface area contributed by atoms with Crippen LogP contribution in [0.4, 0.5) is 0 Å². The standard InChI is InChI=1S/C11H11BrN2O/c1-2-3-4-6-14-11(15)9-5-7-13-10(12)8-9/h5,7-8H,4,6H2,1H3,(H,14,15). The summed E-state index contributed by atoms with van der Waals surface area (Å²) in [5.41, 5.74) is 0.598. The topological polar surface area (TPSA) is 42.0 Å². The summed E-state index contributed by atoms with van der Waals surface area (Å²) in [6.07, 6.45) is 2.26. The minimum Gasteiger partial charge on any atom is -0.351 e. The Bertz CT molecular complexity index is 407. The third-order valence-electron chi connectivity index (χ3n) is 1.70. The summed E-state index contributed by atoms with van der Waals surface area (Å²) >= 11 is 3.21. The molecule has 0 aliphatic rings. The van der Waals surface area contributed by atoms with Gasteiger partial charge in [0.2, 0.25) is 0 Å². The molecule has 0 atom stereocenters. The molecule has 1 N–H and O–H groups in total. The first-order chi connectivity index (χ1) is 7.24. The Labute approximate surface area is 97.4 Å². The van der Waals surface area contributed by atoms with Gasteiger partial charge in [-0.3, -0.25) is 4.79 Å². The molecule has 0 saturated carbocycles. The molecule has 4 heteroatoms. The van der Waals surface area contributed by atoms with Gasteiger partial charge in [0.1, 0.15) is 4.60 Å². The summed E-state index contributed by atoms with van der Waals surface area (Å²) in [4.78, 5) is 15.5. The first kappa shape index (κ1) is 11.7. The molecule has 0 spiro atoms. The van der Waals surface area contributed by atoms with E-state index >= 15 is 0 Å². The molecular formula is C11H11BrN2O. The molecule has 0 fully saturated rings. The van der Waals surface area contributed by atoms with Gasteiger partial charge in [0, 0.05) is 24.7 Å². The zero-order valence-corrected chi connectivity index (χ0v) is 9.97. The van der Waals surface area contributed by atoms with Gasteiger partial charge in [-0.2, -0.15) is 0 Å². The van der Waals surface area contributed by atoms with Crippen molar-refractivity contribution in [3.8, 4) is 11.8 Å². The maximum absolute atomic E-state index is 11.6. The summed E-state index contributed by atoms with van der Waals surface area (Å²) in [5.74, 6) is 5.55. The molecule has 1 rings (SSSR count). The van der Waals surface area contributed by atoms with Gasteiger partial charge in [0.05, 0.1) is 0 Å². The maximum atomic E-state index is 11.6. The molecule has 3 nitrogen and oxygen atoms in total. The zero-order valence-electron chi connectivity index (χ0n) is 8.38. The lowest BCUT2D eigenvalue weighted by molar-refractivity contribution is 0.0954. The first-order valence-corrected chi connectivity index (χ1v) is 5.32. The van der Waals surface area contributed by atoms with E-state index in [1.807, 2.05) is 0 Å². The summed E-state index contributed by atoms with van der Waals surface area (Å²) in [6, 6.07) is 3.35. The molecule has 0 aliphatic heterocycles. The number of carbonyl (C=O) groups is 1. The molecule has 1 amide bonds. The number of pyridine rings is 1. The second-order valence-corrected chi connectivity index (χ2v) is 3.61. The van der Waals surface area contributed by atoms with E-state index in [4.69, 9.17) is 0 Å². The van der Waals surface area contributed by atoms with Gasteiger partial charge in [-0.15, -0.1) is 11.8 Å². The molecule has 0 unspecified atom stereocenters. The number of nitrogens with zero attached hydrogens (tertiary/aromatic N) is 1. The van der Waals surface area contributed by atoms with Gasteiger partial charge in [-0.25, -0.2) is 4.98 Å². The van der Waals surface area contributed by atoms with Crippen LogP contribution in [-0.2, 0) is 0 Å². The van der Waals surface area contributed by atoms with Crippen molar-refractivity contribution >= 4 is 21.8 Å². The molecule has 0 saturated heterocycles. The van der Waals surface area contributed by atoms with Crippen LogP contribution in [0.25, 0.3) is 0 Å². The van der Waals surface area contributed by atoms with Gasteiger partial charge in [0.25, 0.3) is 5.91 Å². The van der Waals surface area contributed by atoms with Crippen LogP contribution in [0.1, 0.15) is 23.7 Å². The van der Waals surface area contributed by atoms with E-state index in [9.17, 15) is 4.79 Å². The van der Waals surface area contributed by atoms with Gasteiger partial charge >= 0.3 is 0 Å². The van der Waals surface area contributed by atoms with Crippen molar-refractivity contribution in [2.75, 3.05) is 6.54 Å². The summed E-state index contributed by atoms with van der Waals surface area (Å²) < 4.78 is 0.656. The van der Waals surface area contributed by atoms with Crippen molar-refractivity contribution in [3.63, 3.8) is 0 Å². The quantitative estimate of drug-likeness (QED) is 0.517. The van der Waals surface area contributed by atoms with E-state index in [2.05, 4.69) is 38.1 Å². The molecule has 78 valence electrons. The van der Waals surface area contributed by atoms with Crippen LogP contribution in [0.2, 0.25) is 0 Å². The molecule has 0 aromatic carbocycles. The van der Waals surface area contributed by atoms with Crippen LogP contribution in [0.3, 0.4) is 0 Å². The minimum absolute atomic E-state index is 0.101. The highest BCUT2D eigenvalue weighted by atomic mass is 79.9. The number of halogens is 1. The highest BCUT2D eigenvalue weighted by Crippen LogP contribution is 2.07. The number of hydrogen-bond donors (Lipinski definition) is 1. The summed E-state index contributed by atoms with van der Waals surface area (Å²) in [6.45, 7) is 2.35. The lowest BCUT2D eigenvalue weighted by Gasteiger charge is -2.02. The molecule has 0 radical (unpaired) electrons. The van der Waals surface area contributed by atoms with E-state index in [0.717, 1.165) is 0 Å². The zero-order chi connectivity index (χ0) is 11.1. The Balaban J connectivity index is 2.49. The maximum Gasteiger partial charge on any atom is 0.251 e. The number of carbonyl (C=O) groups excluding carboxylic acids is 1. The molecular weight excluding hydrogens is 256 g/mol. The van der Waals surface area contributed by atoms with Gasteiger partial charge in [0.15, 0.2) is 0 Å². The molecule has 0 aliphatic carbocycles. The lowest BCUT2D eigenvalue weighted by Crippen LogP contribution is -2.24. The van der Waals surface area contributed by atoms with Gasteiger partial charge in [-0.1, -0.05) is 0 Å². The third kappa shape index (κ3) is 4.13. The molecule has 15 heavy (non-hydrogen) atoms. The molecule has 1 heterocycles. The molecule has 0 bridgehead atoms. The largest absolute Gasteiger partial charge is 0.351 e. The molecule has 1 aromatic heterocycles. The summed E-state index contributed by atoms with van der Waals surface area (Å²) in [5, 5.41) is 2.77. The lowest BCUT2D eigenvalue weighted by atomic mass is 10.2. The number of rotatable bonds is 3. The van der Waals surface area contributed by atoms with Crippen molar-refractivity contribution < 1.29 is 4.79 Å². The van der Waals surface area contributed by atoms with Crippen molar-refractivity contribution in [3.05, 3.63) is 28.5 Å². The fourth-order valence-electron chi connectivity index (χ4n) is 1.01. The summed E-state index contributed by atoms with van der Waals surface area (Å²) in [7, 11) is 0. The van der Waals surface area contributed by atoms with Crippen LogP contribution in [-0.4, -0.2) is 17.4 Å².